The van der Waals surface area contributed by atoms with Gasteiger partial charge >= 0.3 is 0 Å². The van der Waals surface area contributed by atoms with Crippen LogP contribution in [-0.2, 0) is 0 Å². The number of thiophene rings is 1. The standard InChI is InChI=1S/C11H8Br2OS/c12-9-2-1-7(5-10(9)13)11(14)8-3-4-15-6-8/h1-6,11,14H. The summed E-state index contributed by atoms with van der Waals surface area (Å²) in [4.78, 5) is 0. The molecule has 1 aromatic heterocycles. The number of aliphatic hydroxyl groups excluding tert-OH is 1. The van der Waals surface area contributed by atoms with Gasteiger partial charge in [0.2, 0.25) is 0 Å². The van der Waals surface area contributed by atoms with Crippen LogP contribution >= 0.6 is 43.2 Å². The van der Waals surface area contributed by atoms with E-state index in [0.29, 0.717) is 0 Å². The van der Waals surface area contributed by atoms with Crippen LogP contribution in [0.1, 0.15) is 17.2 Å². The third-order valence-electron chi connectivity index (χ3n) is 2.12. The van der Waals surface area contributed by atoms with Crippen LogP contribution in [0.2, 0.25) is 0 Å². The Morgan fingerprint density at radius 3 is 2.47 bits per heavy atom. The smallest absolute Gasteiger partial charge is 0.105 e. The second kappa shape index (κ2) is 4.78. The largest absolute Gasteiger partial charge is 0.384 e. The molecule has 1 heterocycles. The Kier molecular flexibility index (Phi) is 3.61. The van der Waals surface area contributed by atoms with Crippen LogP contribution in [0.3, 0.4) is 0 Å². The van der Waals surface area contributed by atoms with Crippen LogP contribution in [-0.4, -0.2) is 5.11 Å². The van der Waals surface area contributed by atoms with Crippen molar-refractivity contribution >= 4 is 43.2 Å². The van der Waals surface area contributed by atoms with Crippen molar-refractivity contribution in [1.29, 1.82) is 0 Å². The highest BCUT2D eigenvalue weighted by Crippen LogP contribution is 2.29. The van der Waals surface area contributed by atoms with Gasteiger partial charge in [-0.25, -0.2) is 0 Å². The van der Waals surface area contributed by atoms with Crippen LogP contribution in [0.15, 0.2) is 44.0 Å². The highest BCUT2D eigenvalue weighted by Gasteiger charge is 2.11. The summed E-state index contributed by atoms with van der Waals surface area (Å²) in [6, 6.07) is 7.70. The monoisotopic (exact) mass is 346 g/mol. The number of hydrogen-bond donors (Lipinski definition) is 1. The van der Waals surface area contributed by atoms with Gasteiger partial charge in [0.15, 0.2) is 0 Å². The lowest BCUT2D eigenvalue weighted by molar-refractivity contribution is 0.221. The van der Waals surface area contributed by atoms with Crippen molar-refractivity contribution < 1.29 is 5.11 Å². The van der Waals surface area contributed by atoms with Gasteiger partial charge in [0.1, 0.15) is 6.10 Å². The quantitative estimate of drug-likeness (QED) is 0.855. The number of aliphatic hydroxyl groups is 1. The van der Waals surface area contributed by atoms with Gasteiger partial charge < -0.3 is 5.11 Å². The molecule has 2 aromatic rings. The first-order valence-corrected chi connectivity index (χ1v) is 6.86. The summed E-state index contributed by atoms with van der Waals surface area (Å²) >= 11 is 8.41. The van der Waals surface area contributed by atoms with Crippen LogP contribution in [0.25, 0.3) is 0 Å². The zero-order chi connectivity index (χ0) is 10.8. The van der Waals surface area contributed by atoms with E-state index in [-0.39, 0.29) is 0 Å². The third kappa shape index (κ3) is 2.50. The molecule has 1 atom stereocenters. The average Bonchev–Trinajstić information content (AvgIpc) is 2.74. The van der Waals surface area contributed by atoms with Gasteiger partial charge in [-0.3, -0.25) is 0 Å². The zero-order valence-electron chi connectivity index (χ0n) is 7.65. The Morgan fingerprint density at radius 2 is 1.87 bits per heavy atom. The molecule has 0 aliphatic rings. The maximum absolute atomic E-state index is 10.1. The first-order chi connectivity index (χ1) is 7.18. The van der Waals surface area contributed by atoms with Crippen molar-refractivity contribution in [1.82, 2.24) is 0 Å². The van der Waals surface area contributed by atoms with Crippen LogP contribution < -0.4 is 0 Å². The molecule has 1 unspecified atom stereocenters. The molecule has 0 aliphatic heterocycles. The van der Waals surface area contributed by atoms with Crippen molar-refractivity contribution in [2.45, 2.75) is 6.10 Å². The second-order valence-electron chi connectivity index (χ2n) is 3.13. The van der Waals surface area contributed by atoms with Crippen LogP contribution in [0, 0.1) is 0 Å². The van der Waals surface area contributed by atoms with Gasteiger partial charge in [-0.15, -0.1) is 0 Å². The molecule has 1 aromatic carbocycles. The minimum atomic E-state index is -0.541. The predicted octanol–water partition coefficient (Wildman–Crippen LogP) is 4.35. The molecule has 15 heavy (non-hydrogen) atoms. The van der Waals surface area contributed by atoms with E-state index in [9.17, 15) is 5.11 Å². The number of halogens is 2. The summed E-state index contributed by atoms with van der Waals surface area (Å²) in [7, 11) is 0. The van der Waals surface area contributed by atoms with Crippen LogP contribution in [0.5, 0.6) is 0 Å². The molecule has 4 heteroatoms. The van der Waals surface area contributed by atoms with E-state index in [0.717, 1.165) is 20.1 Å². The summed E-state index contributed by atoms with van der Waals surface area (Å²) in [5, 5.41) is 14.0. The van der Waals surface area contributed by atoms with E-state index in [1.54, 1.807) is 11.3 Å². The molecule has 1 nitrogen and oxygen atoms in total. The molecule has 1 N–H and O–H groups in total. The highest BCUT2D eigenvalue weighted by molar-refractivity contribution is 9.13. The van der Waals surface area contributed by atoms with E-state index in [2.05, 4.69) is 31.9 Å². The SMILES string of the molecule is OC(c1ccsc1)c1ccc(Br)c(Br)c1. The molecule has 0 saturated heterocycles. The van der Waals surface area contributed by atoms with Gasteiger partial charge in [-0.1, -0.05) is 6.07 Å². The zero-order valence-corrected chi connectivity index (χ0v) is 11.6. The van der Waals surface area contributed by atoms with Gasteiger partial charge in [0.25, 0.3) is 0 Å². The molecule has 0 radical (unpaired) electrons. The maximum Gasteiger partial charge on any atom is 0.105 e. The molecular formula is C11H8Br2OS. The minimum absolute atomic E-state index is 0.541. The summed E-state index contributed by atoms with van der Waals surface area (Å²) in [6.45, 7) is 0. The summed E-state index contributed by atoms with van der Waals surface area (Å²) in [6.07, 6.45) is -0.541. The maximum atomic E-state index is 10.1. The Balaban J connectivity index is 2.34. The molecule has 0 aliphatic carbocycles. The lowest BCUT2D eigenvalue weighted by atomic mass is 10.1. The fraction of sp³-hybridized carbons (Fsp3) is 0.0909. The molecule has 0 fully saturated rings. The van der Waals surface area contributed by atoms with E-state index < -0.39 is 6.10 Å². The molecular weight excluding hydrogens is 340 g/mol. The summed E-state index contributed by atoms with van der Waals surface area (Å²) in [5.74, 6) is 0. The number of hydrogen-bond acceptors (Lipinski definition) is 2. The summed E-state index contributed by atoms with van der Waals surface area (Å²) < 4.78 is 1.94. The molecule has 0 spiro atoms. The first-order valence-electron chi connectivity index (χ1n) is 4.33. The Bertz CT molecular complexity index is 454. The average molecular weight is 348 g/mol. The molecule has 0 bridgehead atoms. The van der Waals surface area contributed by atoms with E-state index in [1.807, 2.05) is 35.0 Å². The molecule has 0 saturated carbocycles. The van der Waals surface area contributed by atoms with Crippen molar-refractivity contribution in [2.24, 2.45) is 0 Å². The van der Waals surface area contributed by atoms with E-state index in [1.165, 1.54) is 0 Å². The van der Waals surface area contributed by atoms with Gasteiger partial charge in [-0.05, 0) is 71.9 Å². The molecule has 2 rings (SSSR count). The van der Waals surface area contributed by atoms with Gasteiger partial charge in [0, 0.05) is 8.95 Å². The minimum Gasteiger partial charge on any atom is -0.384 e. The summed E-state index contributed by atoms with van der Waals surface area (Å²) in [5.41, 5.74) is 1.83. The van der Waals surface area contributed by atoms with Crippen molar-refractivity contribution in [3.05, 3.63) is 55.1 Å². The van der Waals surface area contributed by atoms with Crippen LogP contribution in [0.4, 0.5) is 0 Å². The Labute approximate surface area is 109 Å². The van der Waals surface area contributed by atoms with Crippen molar-refractivity contribution in [3.63, 3.8) is 0 Å². The van der Waals surface area contributed by atoms with Gasteiger partial charge in [-0.2, -0.15) is 11.3 Å². The first kappa shape index (κ1) is 11.3. The topological polar surface area (TPSA) is 20.2 Å². The molecule has 0 amide bonds. The lowest BCUT2D eigenvalue weighted by Crippen LogP contribution is -1.97. The normalized spacial score (nSPS) is 12.7. The fourth-order valence-corrected chi connectivity index (χ4v) is 2.63. The second-order valence-corrected chi connectivity index (χ2v) is 5.62. The highest BCUT2D eigenvalue weighted by atomic mass is 79.9. The number of rotatable bonds is 2. The predicted molar refractivity (Wildman–Crippen MR) is 70.2 cm³/mol. The fourth-order valence-electron chi connectivity index (χ4n) is 1.31. The third-order valence-corrected chi connectivity index (χ3v) is 4.70. The van der Waals surface area contributed by atoms with E-state index >= 15 is 0 Å². The Morgan fingerprint density at radius 1 is 1.07 bits per heavy atom. The Hall–Kier alpha value is -0.160. The van der Waals surface area contributed by atoms with Crippen molar-refractivity contribution in [3.8, 4) is 0 Å². The van der Waals surface area contributed by atoms with Gasteiger partial charge in [0.05, 0.1) is 0 Å². The molecule has 78 valence electrons. The lowest BCUT2D eigenvalue weighted by Gasteiger charge is -2.10. The van der Waals surface area contributed by atoms with Crippen molar-refractivity contribution in [2.75, 3.05) is 0 Å². The number of benzene rings is 1. The van der Waals surface area contributed by atoms with E-state index in [4.69, 9.17) is 0 Å².